The maximum atomic E-state index is 11.4. The number of carbonyl (C=O) groups excluding carboxylic acids is 1. The molecule has 0 amide bonds. The van der Waals surface area contributed by atoms with Gasteiger partial charge in [-0.05, 0) is 46.1 Å². The Morgan fingerprint density at radius 3 is 2.56 bits per heavy atom. The fraction of sp³-hybridized carbons (Fsp3) is 0.917. The monoisotopic (exact) mass is 247 g/mol. The van der Waals surface area contributed by atoms with Gasteiger partial charge in [0, 0.05) is 12.6 Å². The molecule has 0 bridgehead atoms. The molecule has 0 fully saturated rings. The van der Waals surface area contributed by atoms with Crippen LogP contribution in [0.5, 0.6) is 0 Å². The molecule has 0 saturated heterocycles. The smallest absolute Gasteiger partial charge is 0.307 e. The van der Waals surface area contributed by atoms with Gasteiger partial charge in [-0.2, -0.15) is 11.8 Å². The molecule has 16 heavy (non-hydrogen) atoms. The summed E-state index contributed by atoms with van der Waals surface area (Å²) in [5, 5.41) is 3.32. The maximum Gasteiger partial charge on any atom is 0.307 e. The van der Waals surface area contributed by atoms with Crippen LogP contribution in [0.15, 0.2) is 0 Å². The summed E-state index contributed by atoms with van der Waals surface area (Å²) in [7, 11) is 0. The van der Waals surface area contributed by atoms with Crippen LogP contribution >= 0.6 is 11.8 Å². The molecular weight excluding hydrogens is 222 g/mol. The summed E-state index contributed by atoms with van der Waals surface area (Å²) >= 11 is 1.85. The van der Waals surface area contributed by atoms with E-state index >= 15 is 0 Å². The molecule has 0 spiro atoms. The van der Waals surface area contributed by atoms with Crippen LogP contribution in [0, 0.1) is 0 Å². The molecule has 1 atom stereocenters. The van der Waals surface area contributed by atoms with Crippen molar-refractivity contribution in [2.75, 3.05) is 18.6 Å². The second-order valence-corrected chi connectivity index (χ2v) is 5.96. The normalized spacial score (nSPS) is 13.6. The first kappa shape index (κ1) is 15.8. The molecule has 3 nitrogen and oxygen atoms in total. The Labute approximate surface area is 104 Å². The molecule has 0 aromatic rings. The summed E-state index contributed by atoms with van der Waals surface area (Å²) in [5.74, 6) is 1.03. The second kappa shape index (κ2) is 7.96. The van der Waals surface area contributed by atoms with Crippen molar-refractivity contribution in [3.63, 3.8) is 0 Å². The topological polar surface area (TPSA) is 38.3 Å². The molecule has 1 unspecified atom stereocenters. The Bertz CT molecular complexity index is 202. The minimum Gasteiger partial charge on any atom is -0.460 e. The third-order valence-electron chi connectivity index (χ3n) is 2.00. The number of carbonyl (C=O) groups is 1. The van der Waals surface area contributed by atoms with Crippen LogP contribution in [-0.4, -0.2) is 36.2 Å². The highest BCUT2D eigenvalue weighted by atomic mass is 32.2. The van der Waals surface area contributed by atoms with Crippen LogP contribution in [0.3, 0.4) is 0 Å². The van der Waals surface area contributed by atoms with Crippen molar-refractivity contribution < 1.29 is 9.53 Å². The minimum absolute atomic E-state index is 0.128. The van der Waals surface area contributed by atoms with Crippen molar-refractivity contribution in [1.29, 1.82) is 0 Å². The molecule has 0 aliphatic carbocycles. The van der Waals surface area contributed by atoms with Gasteiger partial charge in [0.25, 0.3) is 0 Å². The third kappa shape index (κ3) is 10.3. The minimum atomic E-state index is -0.373. The van der Waals surface area contributed by atoms with E-state index in [0.29, 0.717) is 19.0 Å². The standard InChI is InChI=1S/C12H25NO2S/c1-10(7-9-16-5)13-8-6-11(14)15-12(2,3)4/h10,13H,6-9H2,1-5H3. The molecule has 0 rings (SSSR count). The van der Waals surface area contributed by atoms with E-state index in [0.717, 1.165) is 12.2 Å². The van der Waals surface area contributed by atoms with E-state index < -0.39 is 0 Å². The number of ether oxygens (including phenoxy) is 1. The Balaban J connectivity index is 3.54. The predicted octanol–water partition coefficient (Wildman–Crippen LogP) is 2.45. The number of esters is 1. The van der Waals surface area contributed by atoms with Gasteiger partial charge in [0.2, 0.25) is 0 Å². The number of hydrogen-bond acceptors (Lipinski definition) is 4. The van der Waals surface area contributed by atoms with Gasteiger partial charge in [-0.25, -0.2) is 0 Å². The van der Waals surface area contributed by atoms with Gasteiger partial charge in [-0.1, -0.05) is 0 Å². The van der Waals surface area contributed by atoms with Crippen LogP contribution in [0.2, 0.25) is 0 Å². The highest BCUT2D eigenvalue weighted by molar-refractivity contribution is 7.98. The fourth-order valence-electron chi connectivity index (χ4n) is 1.21. The molecule has 4 heteroatoms. The Morgan fingerprint density at radius 2 is 2.06 bits per heavy atom. The first-order valence-corrected chi connectivity index (χ1v) is 7.18. The highest BCUT2D eigenvalue weighted by Crippen LogP contribution is 2.08. The Hall–Kier alpha value is -0.220. The van der Waals surface area contributed by atoms with Gasteiger partial charge in [-0.15, -0.1) is 0 Å². The maximum absolute atomic E-state index is 11.4. The lowest BCUT2D eigenvalue weighted by Gasteiger charge is -2.20. The first-order chi connectivity index (χ1) is 7.35. The Kier molecular flexibility index (Phi) is 7.85. The van der Waals surface area contributed by atoms with Crippen molar-refractivity contribution in [1.82, 2.24) is 5.32 Å². The predicted molar refractivity (Wildman–Crippen MR) is 70.9 cm³/mol. The summed E-state index contributed by atoms with van der Waals surface area (Å²) in [5.41, 5.74) is -0.373. The molecular formula is C12H25NO2S. The van der Waals surface area contributed by atoms with E-state index in [1.54, 1.807) is 0 Å². The van der Waals surface area contributed by atoms with Gasteiger partial charge in [-0.3, -0.25) is 4.79 Å². The fourth-order valence-corrected chi connectivity index (χ4v) is 1.80. The van der Waals surface area contributed by atoms with Crippen LogP contribution in [0.25, 0.3) is 0 Å². The zero-order valence-electron chi connectivity index (χ0n) is 11.1. The number of thioether (sulfide) groups is 1. The second-order valence-electron chi connectivity index (χ2n) is 4.97. The summed E-state index contributed by atoms with van der Waals surface area (Å²) in [4.78, 5) is 11.4. The molecule has 0 aliphatic rings. The van der Waals surface area contributed by atoms with E-state index in [2.05, 4.69) is 18.5 Å². The summed E-state index contributed by atoms with van der Waals surface area (Å²) in [6.07, 6.45) is 3.68. The molecule has 0 saturated carbocycles. The first-order valence-electron chi connectivity index (χ1n) is 5.79. The van der Waals surface area contributed by atoms with Crippen molar-refractivity contribution in [3.05, 3.63) is 0 Å². The SMILES string of the molecule is CSCCC(C)NCCC(=O)OC(C)(C)C. The molecule has 1 N–H and O–H groups in total. The molecule has 96 valence electrons. The average Bonchev–Trinajstić information content (AvgIpc) is 2.11. The van der Waals surface area contributed by atoms with E-state index in [1.807, 2.05) is 32.5 Å². The van der Waals surface area contributed by atoms with Crippen LogP contribution in [0.4, 0.5) is 0 Å². The Morgan fingerprint density at radius 1 is 1.44 bits per heavy atom. The summed E-state index contributed by atoms with van der Waals surface area (Å²) in [6, 6.07) is 0.467. The van der Waals surface area contributed by atoms with Gasteiger partial charge in [0.05, 0.1) is 6.42 Å². The molecule has 0 heterocycles. The zero-order valence-corrected chi connectivity index (χ0v) is 11.9. The summed E-state index contributed by atoms with van der Waals surface area (Å²) < 4.78 is 5.22. The van der Waals surface area contributed by atoms with Gasteiger partial charge in [0.15, 0.2) is 0 Å². The quantitative estimate of drug-likeness (QED) is 0.701. The van der Waals surface area contributed by atoms with Crippen molar-refractivity contribution in [2.24, 2.45) is 0 Å². The van der Waals surface area contributed by atoms with Gasteiger partial charge < -0.3 is 10.1 Å². The lowest BCUT2D eigenvalue weighted by atomic mass is 10.2. The van der Waals surface area contributed by atoms with E-state index in [1.165, 1.54) is 0 Å². The molecule has 0 aromatic heterocycles. The zero-order chi connectivity index (χ0) is 12.6. The van der Waals surface area contributed by atoms with Crippen LogP contribution in [0.1, 0.15) is 40.5 Å². The summed E-state index contributed by atoms with van der Waals surface area (Å²) in [6.45, 7) is 8.51. The molecule has 0 aliphatic heterocycles. The number of hydrogen-bond donors (Lipinski definition) is 1. The number of nitrogens with one attached hydrogen (secondary N) is 1. The van der Waals surface area contributed by atoms with E-state index in [-0.39, 0.29) is 11.6 Å². The average molecular weight is 247 g/mol. The number of rotatable bonds is 7. The third-order valence-corrected chi connectivity index (χ3v) is 2.64. The van der Waals surface area contributed by atoms with E-state index in [9.17, 15) is 4.79 Å². The molecule has 0 radical (unpaired) electrons. The van der Waals surface area contributed by atoms with Crippen molar-refractivity contribution in [3.8, 4) is 0 Å². The van der Waals surface area contributed by atoms with Gasteiger partial charge in [0.1, 0.15) is 5.60 Å². The van der Waals surface area contributed by atoms with E-state index in [4.69, 9.17) is 4.74 Å². The lowest BCUT2D eigenvalue weighted by Crippen LogP contribution is -2.31. The largest absolute Gasteiger partial charge is 0.460 e. The molecule has 0 aromatic carbocycles. The van der Waals surface area contributed by atoms with Gasteiger partial charge >= 0.3 is 5.97 Å². The van der Waals surface area contributed by atoms with Crippen molar-refractivity contribution >= 4 is 17.7 Å². The van der Waals surface area contributed by atoms with Crippen molar-refractivity contribution in [2.45, 2.75) is 52.2 Å². The van der Waals surface area contributed by atoms with Crippen LogP contribution < -0.4 is 5.32 Å². The highest BCUT2D eigenvalue weighted by Gasteiger charge is 2.15. The van der Waals surface area contributed by atoms with Crippen LogP contribution in [-0.2, 0) is 9.53 Å². The lowest BCUT2D eigenvalue weighted by molar-refractivity contribution is -0.154.